The highest BCUT2D eigenvalue weighted by molar-refractivity contribution is 5.89. The smallest absolute Gasteiger partial charge is 0.248 e. The molecule has 0 radical (unpaired) electrons. The second-order valence-electron chi connectivity index (χ2n) is 5.55. The lowest BCUT2D eigenvalue weighted by Gasteiger charge is -2.01. The lowest BCUT2D eigenvalue weighted by molar-refractivity contribution is -0.116. The molecular formula is C14H21N5O2. The van der Waals surface area contributed by atoms with Gasteiger partial charge < -0.3 is 4.52 Å². The second kappa shape index (κ2) is 6.51. The maximum atomic E-state index is 11.9. The van der Waals surface area contributed by atoms with E-state index in [1.807, 2.05) is 13.8 Å². The van der Waals surface area contributed by atoms with Gasteiger partial charge in [0.25, 0.3) is 0 Å². The van der Waals surface area contributed by atoms with Crippen molar-refractivity contribution in [2.24, 2.45) is 5.92 Å². The number of anilines is 1. The number of H-pyrrole nitrogens is 1. The van der Waals surface area contributed by atoms with Gasteiger partial charge in [-0.2, -0.15) is 4.98 Å². The number of carbonyl (C=O) groups is 1. The first kappa shape index (κ1) is 15.2. The van der Waals surface area contributed by atoms with Crippen LogP contribution in [0.5, 0.6) is 0 Å². The molecule has 0 aliphatic heterocycles. The summed E-state index contributed by atoms with van der Waals surface area (Å²) in [6.07, 6.45) is 1.75. The predicted octanol–water partition coefficient (Wildman–Crippen LogP) is 2.18. The summed E-state index contributed by atoms with van der Waals surface area (Å²) < 4.78 is 5.07. The topological polar surface area (TPSA) is 96.7 Å². The van der Waals surface area contributed by atoms with Crippen molar-refractivity contribution in [1.82, 2.24) is 20.3 Å². The number of nitrogens with one attached hydrogen (secondary N) is 2. The molecule has 0 atom stereocenters. The number of carbonyl (C=O) groups excluding carboxylic acids is 1. The van der Waals surface area contributed by atoms with Crippen LogP contribution < -0.4 is 5.32 Å². The highest BCUT2D eigenvalue weighted by Crippen LogP contribution is 2.14. The summed E-state index contributed by atoms with van der Waals surface area (Å²) in [6, 6.07) is 0. The number of aryl methyl sites for hydroxylation is 2. The molecule has 0 spiro atoms. The number of nitrogens with zero attached hydrogens (tertiary/aromatic N) is 3. The molecule has 2 rings (SSSR count). The van der Waals surface area contributed by atoms with E-state index in [4.69, 9.17) is 4.52 Å². The Labute approximate surface area is 123 Å². The third-order valence-electron chi connectivity index (χ3n) is 3.17. The Kier molecular flexibility index (Phi) is 4.72. The number of rotatable bonds is 6. The van der Waals surface area contributed by atoms with Crippen molar-refractivity contribution in [2.45, 2.75) is 47.0 Å². The number of hydrogen-bond donors (Lipinski definition) is 2. The van der Waals surface area contributed by atoms with E-state index >= 15 is 0 Å². The number of amides is 1. The molecule has 2 heterocycles. The molecule has 2 aromatic rings. The fourth-order valence-electron chi connectivity index (χ4n) is 2.11. The molecule has 7 nitrogen and oxygen atoms in total. The Morgan fingerprint density at radius 2 is 2.14 bits per heavy atom. The first-order valence-corrected chi connectivity index (χ1v) is 7.08. The molecule has 2 N–H and O–H groups in total. The summed E-state index contributed by atoms with van der Waals surface area (Å²) in [5.74, 6) is 2.24. The van der Waals surface area contributed by atoms with Gasteiger partial charge in [-0.1, -0.05) is 19.0 Å². The summed E-state index contributed by atoms with van der Waals surface area (Å²) in [4.78, 5) is 16.1. The molecule has 0 fully saturated rings. The van der Waals surface area contributed by atoms with E-state index in [-0.39, 0.29) is 5.91 Å². The molecule has 7 heteroatoms. The van der Waals surface area contributed by atoms with E-state index in [0.29, 0.717) is 24.7 Å². The summed E-state index contributed by atoms with van der Waals surface area (Å²) >= 11 is 0. The Balaban J connectivity index is 1.86. The second-order valence-corrected chi connectivity index (χ2v) is 5.55. The molecule has 0 saturated carbocycles. The zero-order valence-corrected chi connectivity index (χ0v) is 12.9. The third kappa shape index (κ3) is 4.14. The molecule has 0 unspecified atom stereocenters. The van der Waals surface area contributed by atoms with E-state index in [9.17, 15) is 4.79 Å². The zero-order valence-electron chi connectivity index (χ0n) is 12.9. The monoisotopic (exact) mass is 291 g/mol. The van der Waals surface area contributed by atoms with Crippen molar-refractivity contribution in [2.75, 3.05) is 5.32 Å². The lowest BCUT2D eigenvalue weighted by atomic mass is 10.1. The van der Waals surface area contributed by atoms with E-state index in [1.54, 1.807) is 0 Å². The van der Waals surface area contributed by atoms with E-state index < -0.39 is 0 Å². The van der Waals surface area contributed by atoms with Gasteiger partial charge in [0.1, 0.15) is 11.6 Å². The largest absolute Gasteiger partial charge is 0.361 e. The number of aromatic amines is 1. The predicted molar refractivity (Wildman–Crippen MR) is 77.9 cm³/mol. The van der Waals surface area contributed by atoms with Gasteiger partial charge in [0, 0.05) is 18.4 Å². The zero-order chi connectivity index (χ0) is 15.4. The van der Waals surface area contributed by atoms with Crippen molar-refractivity contribution >= 4 is 11.9 Å². The first-order valence-electron chi connectivity index (χ1n) is 7.08. The van der Waals surface area contributed by atoms with Crippen molar-refractivity contribution in [3.05, 3.63) is 22.8 Å². The van der Waals surface area contributed by atoms with E-state index in [0.717, 1.165) is 29.3 Å². The van der Waals surface area contributed by atoms with Crippen LogP contribution in [0.4, 0.5) is 5.95 Å². The number of hydrogen-bond acceptors (Lipinski definition) is 5. The first-order chi connectivity index (χ1) is 9.95. The van der Waals surface area contributed by atoms with Crippen molar-refractivity contribution in [1.29, 1.82) is 0 Å². The average molecular weight is 291 g/mol. The van der Waals surface area contributed by atoms with E-state index in [1.165, 1.54) is 0 Å². The molecular weight excluding hydrogens is 270 g/mol. The lowest BCUT2D eigenvalue weighted by Crippen LogP contribution is -2.13. The molecule has 0 saturated heterocycles. The molecule has 0 aliphatic carbocycles. The quantitative estimate of drug-likeness (QED) is 0.850. The summed E-state index contributed by atoms with van der Waals surface area (Å²) in [7, 11) is 0. The molecule has 0 aromatic carbocycles. The van der Waals surface area contributed by atoms with Gasteiger partial charge in [-0.05, 0) is 26.2 Å². The van der Waals surface area contributed by atoms with E-state index in [2.05, 4.69) is 39.5 Å². The van der Waals surface area contributed by atoms with Crippen LogP contribution in [0.1, 0.15) is 43.1 Å². The van der Waals surface area contributed by atoms with Gasteiger partial charge in [-0.25, -0.2) is 0 Å². The molecule has 1 amide bonds. The molecule has 21 heavy (non-hydrogen) atoms. The van der Waals surface area contributed by atoms with Crippen LogP contribution in [-0.2, 0) is 17.6 Å². The SMILES string of the molecule is Cc1noc(C)c1CCC(=O)Nc1n[nH]c(CC(C)C)n1. The Morgan fingerprint density at radius 3 is 2.76 bits per heavy atom. The third-order valence-corrected chi connectivity index (χ3v) is 3.17. The highest BCUT2D eigenvalue weighted by Gasteiger charge is 2.13. The van der Waals surface area contributed by atoms with Gasteiger partial charge in [-0.15, -0.1) is 5.10 Å². The fraction of sp³-hybridized carbons (Fsp3) is 0.571. The van der Waals surface area contributed by atoms with Crippen LogP contribution in [0, 0.1) is 19.8 Å². The van der Waals surface area contributed by atoms with Gasteiger partial charge in [-0.3, -0.25) is 15.2 Å². The van der Waals surface area contributed by atoms with Crippen molar-refractivity contribution in [3.63, 3.8) is 0 Å². The van der Waals surface area contributed by atoms with Gasteiger partial charge >= 0.3 is 0 Å². The van der Waals surface area contributed by atoms with Crippen molar-refractivity contribution in [3.8, 4) is 0 Å². The molecule has 2 aromatic heterocycles. The van der Waals surface area contributed by atoms with Gasteiger partial charge in [0.05, 0.1) is 5.69 Å². The minimum atomic E-state index is -0.120. The van der Waals surface area contributed by atoms with Crippen LogP contribution in [0.2, 0.25) is 0 Å². The fourth-order valence-corrected chi connectivity index (χ4v) is 2.11. The summed E-state index contributed by atoms with van der Waals surface area (Å²) in [5, 5.41) is 13.4. The Hall–Kier alpha value is -2.18. The summed E-state index contributed by atoms with van der Waals surface area (Å²) in [5.41, 5.74) is 1.82. The average Bonchev–Trinajstić information content (AvgIpc) is 2.95. The van der Waals surface area contributed by atoms with Crippen LogP contribution >= 0.6 is 0 Å². The Bertz CT molecular complexity index is 595. The van der Waals surface area contributed by atoms with Crippen LogP contribution in [0.15, 0.2) is 4.52 Å². The molecule has 114 valence electrons. The van der Waals surface area contributed by atoms with Crippen molar-refractivity contribution < 1.29 is 9.32 Å². The highest BCUT2D eigenvalue weighted by atomic mass is 16.5. The minimum absolute atomic E-state index is 0.120. The number of aromatic nitrogens is 4. The normalized spacial score (nSPS) is 11.1. The van der Waals surface area contributed by atoms with Gasteiger partial charge in [0.2, 0.25) is 11.9 Å². The van der Waals surface area contributed by atoms with Crippen LogP contribution in [0.3, 0.4) is 0 Å². The van der Waals surface area contributed by atoms with Crippen LogP contribution in [-0.4, -0.2) is 26.2 Å². The molecule has 0 bridgehead atoms. The summed E-state index contributed by atoms with van der Waals surface area (Å²) in [6.45, 7) is 7.92. The Morgan fingerprint density at radius 1 is 1.38 bits per heavy atom. The van der Waals surface area contributed by atoms with Crippen LogP contribution in [0.25, 0.3) is 0 Å². The molecule has 0 aliphatic rings. The minimum Gasteiger partial charge on any atom is -0.361 e. The standard InChI is InChI=1S/C14H21N5O2/c1-8(2)7-12-15-14(18-17-12)16-13(20)6-5-11-9(3)19-21-10(11)4/h8H,5-7H2,1-4H3,(H2,15,16,17,18,20). The maximum Gasteiger partial charge on any atom is 0.248 e. The van der Waals surface area contributed by atoms with Gasteiger partial charge in [0.15, 0.2) is 0 Å². The maximum absolute atomic E-state index is 11.9.